The molecule has 0 bridgehead atoms. The lowest BCUT2D eigenvalue weighted by Crippen LogP contribution is -2.27. The molecule has 0 spiro atoms. The zero-order valence-electron chi connectivity index (χ0n) is 36.2. The molecule has 0 saturated carbocycles. The number of hydrogen-bond acceptors (Lipinski definition) is 4. The Morgan fingerprint density at radius 1 is 0.463 bits per heavy atom. The second kappa shape index (κ2) is 47.5. The van der Waals surface area contributed by atoms with Gasteiger partial charge in [-0.05, 0) is 51.4 Å². The molecule has 54 heavy (non-hydrogen) atoms. The van der Waals surface area contributed by atoms with Gasteiger partial charge in [0.1, 0.15) is 6.10 Å². The molecule has 0 fully saturated rings. The monoisotopic (exact) mass is 757 g/mol. The van der Waals surface area contributed by atoms with E-state index in [0.29, 0.717) is 19.6 Å². The average Bonchev–Trinajstić information content (AvgIpc) is 3.18. The third-order valence-electron chi connectivity index (χ3n) is 10.4. The number of carbonyl (C=O) groups is 1. The first-order chi connectivity index (χ1) is 26.7. The number of allylic oxidation sites excluding steroid dienone is 8. The van der Waals surface area contributed by atoms with Crippen LogP contribution in [0.25, 0.3) is 0 Å². The normalized spacial score (nSPS) is 12.7. The Labute approximate surface area is 337 Å². The first-order valence-corrected chi connectivity index (χ1v) is 23.7. The summed E-state index contributed by atoms with van der Waals surface area (Å²) in [6.45, 7) is 5.26. The van der Waals surface area contributed by atoms with Crippen molar-refractivity contribution in [2.45, 2.75) is 245 Å². The quantitative estimate of drug-likeness (QED) is 0.0382. The van der Waals surface area contributed by atoms with Crippen LogP contribution in [-0.4, -0.2) is 37.0 Å². The summed E-state index contributed by atoms with van der Waals surface area (Å²) in [4.78, 5) is 12.2. The Morgan fingerprint density at radius 3 is 1.26 bits per heavy atom. The molecule has 0 amide bonds. The van der Waals surface area contributed by atoms with Gasteiger partial charge in [0.15, 0.2) is 0 Å². The Morgan fingerprint density at radius 2 is 0.833 bits per heavy atom. The second-order valence-corrected chi connectivity index (χ2v) is 15.8. The highest BCUT2D eigenvalue weighted by atomic mass is 16.6. The molecule has 0 aromatic carbocycles. The standard InChI is InChI=1S/C50H92O4/c1-3-5-7-9-11-13-15-17-19-21-23-24-25-26-27-28-30-32-34-36-38-40-42-44-46-53-48-49(47-51)54-50(52)45-43-41-39-37-35-33-31-29-22-20-18-16-14-12-10-8-6-4-2/h5,7,11,13,17,19,23-24,49,51H,3-4,6,8-10,12,14-16,18,20-22,25-48H2,1-2H3/b7-5-,13-11-,19-17-,24-23-. The molecule has 316 valence electrons. The molecule has 1 N–H and O–H groups in total. The van der Waals surface area contributed by atoms with Crippen molar-refractivity contribution in [1.82, 2.24) is 0 Å². The predicted molar refractivity (Wildman–Crippen MR) is 237 cm³/mol. The molecule has 0 rings (SSSR count). The highest BCUT2D eigenvalue weighted by molar-refractivity contribution is 5.69. The van der Waals surface area contributed by atoms with Crippen molar-refractivity contribution in [3.8, 4) is 0 Å². The Hall–Kier alpha value is -1.65. The van der Waals surface area contributed by atoms with E-state index < -0.39 is 6.10 Å². The van der Waals surface area contributed by atoms with E-state index >= 15 is 0 Å². The van der Waals surface area contributed by atoms with Gasteiger partial charge in [-0.25, -0.2) is 0 Å². The zero-order valence-corrected chi connectivity index (χ0v) is 36.2. The summed E-state index contributed by atoms with van der Waals surface area (Å²) < 4.78 is 11.2. The summed E-state index contributed by atoms with van der Waals surface area (Å²) in [6, 6.07) is 0. The van der Waals surface area contributed by atoms with Crippen LogP contribution in [0.3, 0.4) is 0 Å². The lowest BCUT2D eigenvalue weighted by atomic mass is 10.0. The fourth-order valence-corrected chi connectivity index (χ4v) is 6.91. The third-order valence-corrected chi connectivity index (χ3v) is 10.4. The number of unbranched alkanes of at least 4 members (excludes halogenated alkanes) is 28. The van der Waals surface area contributed by atoms with Gasteiger partial charge in [0.25, 0.3) is 0 Å². The molecule has 0 aliphatic heterocycles. The summed E-state index contributed by atoms with van der Waals surface area (Å²) in [6.07, 6.45) is 61.9. The van der Waals surface area contributed by atoms with Gasteiger partial charge >= 0.3 is 5.97 Å². The summed E-state index contributed by atoms with van der Waals surface area (Å²) in [5, 5.41) is 9.63. The molecule has 4 nitrogen and oxygen atoms in total. The average molecular weight is 757 g/mol. The van der Waals surface area contributed by atoms with Crippen LogP contribution in [0.2, 0.25) is 0 Å². The van der Waals surface area contributed by atoms with Crippen molar-refractivity contribution in [2.75, 3.05) is 19.8 Å². The minimum atomic E-state index is -0.534. The van der Waals surface area contributed by atoms with Crippen molar-refractivity contribution in [1.29, 1.82) is 0 Å². The molecular weight excluding hydrogens is 665 g/mol. The summed E-state index contributed by atoms with van der Waals surface area (Å²) >= 11 is 0. The van der Waals surface area contributed by atoms with Crippen LogP contribution in [0.15, 0.2) is 48.6 Å². The molecular formula is C50H92O4. The Balaban J connectivity index is 3.40. The number of ether oxygens (including phenoxy) is 2. The van der Waals surface area contributed by atoms with Crippen LogP contribution >= 0.6 is 0 Å². The largest absolute Gasteiger partial charge is 0.457 e. The lowest BCUT2D eigenvalue weighted by molar-refractivity contribution is -0.154. The Bertz CT molecular complexity index is 844. The fraction of sp³-hybridized carbons (Fsp3) is 0.820. The summed E-state index contributed by atoms with van der Waals surface area (Å²) in [7, 11) is 0. The molecule has 4 heteroatoms. The predicted octanol–water partition coefficient (Wildman–Crippen LogP) is 15.8. The van der Waals surface area contributed by atoms with E-state index in [1.807, 2.05) is 0 Å². The van der Waals surface area contributed by atoms with Crippen LogP contribution in [0.1, 0.15) is 239 Å². The van der Waals surface area contributed by atoms with Crippen LogP contribution < -0.4 is 0 Å². The van der Waals surface area contributed by atoms with Crippen molar-refractivity contribution < 1.29 is 19.4 Å². The van der Waals surface area contributed by atoms with Gasteiger partial charge < -0.3 is 14.6 Å². The van der Waals surface area contributed by atoms with Crippen LogP contribution in [-0.2, 0) is 14.3 Å². The van der Waals surface area contributed by atoms with E-state index in [4.69, 9.17) is 9.47 Å². The molecule has 0 aromatic heterocycles. The number of esters is 1. The van der Waals surface area contributed by atoms with E-state index in [1.165, 1.54) is 173 Å². The zero-order chi connectivity index (χ0) is 39.1. The highest BCUT2D eigenvalue weighted by Crippen LogP contribution is 2.16. The summed E-state index contributed by atoms with van der Waals surface area (Å²) in [5.41, 5.74) is 0. The molecule has 0 saturated heterocycles. The number of carbonyl (C=O) groups excluding carboxylic acids is 1. The highest BCUT2D eigenvalue weighted by Gasteiger charge is 2.13. The van der Waals surface area contributed by atoms with Crippen molar-refractivity contribution in [3.05, 3.63) is 48.6 Å². The van der Waals surface area contributed by atoms with E-state index in [1.54, 1.807) is 0 Å². The second-order valence-electron chi connectivity index (χ2n) is 15.8. The SMILES string of the molecule is CC/C=C\C/C=C\C/C=C\C/C=C\CCCCCCCCCCCCCOCC(CO)OC(=O)CCCCCCCCCCCCCCCCCCCC. The molecule has 0 radical (unpaired) electrons. The van der Waals surface area contributed by atoms with Crippen molar-refractivity contribution >= 4 is 5.97 Å². The van der Waals surface area contributed by atoms with Gasteiger partial charge in [-0.1, -0.05) is 229 Å². The fourth-order valence-electron chi connectivity index (χ4n) is 6.91. The first kappa shape index (κ1) is 52.3. The van der Waals surface area contributed by atoms with Crippen LogP contribution in [0.5, 0.6) is 0 Å². The minimum absolute atomic E-state index is 0.170. The molecule has 0 aliphatic carbocycles. The first-order valence-electron chi connectivity index (χ1n) is 23.7. The maximum absolute atomic E-state index is 12.2. The van der Waals surface area contributed by atoms with Crippen LogP contribution in [0, 0.1) is 0 Å². The van der Waals surface area contributed by atoms with Crippen molar-refractivity contribution in [3.63, 3.8) is 0 Å². The smallest absolute Gasteiger partial charge is 0.306 e. The van der Waals surface area contributed by atoms with Gasteiger partial charge in [0.05, 0.1) is 13.2 Å². The van der Waals surface area contributed by atoms with Gasteiger partial charge in [0.2, 0.25) is 0 Å². The van der Waals surface area contributed by atoms with Gasteiger partial charge in [-0.2, -0.15) is 0 Å². The summed E-state index contributed by atoms with van der Waals surface area (Å²) in [5.74, 6) is -0.198. The third kappa shape index (κ3) is 44.7. The molecule has 0 aromatic rings. The number of aliphatic hydroxyl groups is 1. The number of hydrogen-bond donors (Lipinski definition) is 1. The Kier molecular flexibility index (Phi) is 46.0. The van der Waals surface area contributed by atoms with Gasteiger partial charge in [-0.3, -0.25) is 4.79 Å². The van der Waals surface area contributed by atoms with E-state index in [2.05, 4.69) is 62.5 Å². The number of rotatable bonds is 44. The van der Waals surface area contributed by atoms with E-state index in [9.17, 15) is 9.90 Å². The van der Waals surface area contributed by atoms with Crippen LogP contribution in [0.4, 0.5) is 0 Å². The van der Waals surface area contributed by atoms with E-state index in [0.717, 1.165) is 44.9 Å². The maximum Gasteiger partial charge on any atom is 0.306 e. The van der Waals surface area contributed by atoms with E-state index in [-0.39, 0.29) is 12.6 Å². The lowest BCUT2D eigenvalue weighted by Gasteiger charge is -2.16. The van der Waals surface area contributed by atoms with Crippen molar-refractivity contribution in [2.24, 2.45) is 0 Å². The topological polar surface area (TPSA) is 55.8 Å². The van der Waals surface area contributed by atoms with Gasteiger partial charge in [-0.15, -0.1) is 0 Å². The minimum Gasteiger partial charge on any atom is -0.457 e. The number of aliphatic hydroxyl groups excluding tert-OH is 1. The molecule has 0 aliphatic rings. The van der Waals surface area contributed by atoms with Gasteiger partial charge in [0, 0.05) is 13.0 Å². The molecule has 1 atom stereocenters. The maximum atomic E-state index is 12.2. The molecule has 0 heterocycles. The molecule has 1 unspecified atom stereocenters.